The average molecular weight is 266 g/mol. The fourth-order valence-electron chi connectivity index (χ4n) is 0.428. The molecule has 0 radical (unpaired) electrons. The predicted octanol–water partition coefficient (Wildman–Crippen LogP) is 0.663. The molecule has 6 heteroatoms. The molecular weight excluding hydrogens is 254 g/mol. The van der Waals surface area contributed by atoms with Gasteiger partial charge in [-0.15, -0.1) is 17.0 Å². The van der Waals surface area contributed by atoms with E-state index in [9.17, 15) is 0 Å². The van der Waals surface area contributed by atoms with Crippen LogP contribution in [0, 0.1) is 0 Å². The lowest BCUT2D eigenvalue weighted by molar-refractivity contribution is 0.475. The van der Waals surface area contributed by atoms with E-state index in [2.05, 4.69) is 18.1 Å². The summed E-state index contributed by atoms with van der Waals surface area (Å²) in [6.07, 6.45) is 0. The Morgan fingerprint density at radius 2 is 1.69 bits per heavy atom. The Kier molecular flexibility index (Phi) is 10.4. The summed E-state index contributed by atoms with van der Waals surface area (Å²) in [6, 6.07) is 8.71. The van der Waals surface area contributed by atoms with Gasteiger partial charge in [0.2, 0.25) is 0 Å². The highest BCUT2D eigenvalue weighted by molar-refractivity contribution is 8.93. The van der Waals surface area contributed by atoms with Gasteiger partial charge in [0, 0.05) is 0 Å². The van der Waals surface area contributed by atoms with Gasteiger partial charge in [0.1, 0.15) is 5.75 Å². The van der Waals surface area contributed by atoms with Crippen LogP contribution in [0.4, 0.5) is 0 Å². The third-order valence-electron chi connectivity index (χ3n) is 0.898. The highest BCUT2D eigenvalue weighted by Crippen LogP contribution is 2.02. The SMILES string of the molecule is Br.NNC(N)=S.Oc1ccccc1. The van der Waals surface area contributed by atoms with Crippen LogP contribution >= 0.6 is 29.2 Å². The van der Waals surface area contributed by atoms with Crippen LogP contribution in [0.5, 0.6) is 5.75 Å². The molecule has 0 amide bonds. The smallest absolute Gasteiger partial charge is 0.177 e. The zero-order valence-electron chi connectivity index (χ0n) is 6.81. The van der Waals surface area contributed by atoms with Gasteiger partial charge in [-0.1, -0.05) is 18.2 Å². The van der Waals surface area contributed by atoms with E-state index in [4.69, 9.17) is 10.8 Å². The molecule has 0 aliphatic heterocycles. The summed E-state index contributed by atoms with van der Waals surface area (Å²) in [7, 11) is 0. The maximum Gasteiger partial charge on any atom is 0.177 e. The number of phenolic OH excluding ortho intramolecular Hbond substituents is 1. The number of aromatic hydroxyl groups is 1. The van der Waals surface area contributed by atoms with Gasteiger partial charge in [-0.05, 0) is 24.4 Å². The molecule has 0 spiro atoms. The number of thiocarbonyl (C=S) groups is 1. The summed E-state index contributed by atoms with van der Waals surface area (Å²) >= 11 is 4.24. The summed E-state index contributed by atoms with van der Waals surface area (Å²) in [5, 5.41) is 8.75. The van der Waals surface area contributed by atoms with E-state index in [1.807, 2.05) is 11.5 Å². The van der Waals surface area contributed by atoms with E-state index in [1.165, 1.54) is 0 Å². The molecule has 4 nitrogen and oxygen atoms in total. The first-order valence-corrected chi connectivity index (χ1v) is 3.57. The molecule has 0 unspecified atom stereocenters. The first-order valence-electron chi connectivity index (χ1n) is 3.17. The Labute approximate surface area is 92.7 Å². The van der Waals surface area contributed by atoms with Crippen molar-refractivity contribution >= 4 is 34.3 Å². The topological polar surface area (TPSA) is 84.3 Å². The molecule has 1 aromatic carbocycles. The third-order valence-corrected chi connectivity index (χ3v) is 1.02. The third kappa shape index (κ3) is 11.1. The lowest BCUT2D eigenvalue weighted by atomic mass is 10.3. The van der Waals surface area contributed by atoms with Crippen LogP contribution < -0.4 is 17.0 Å². The van der Waals surface area contributed by atoms with Crippen molar-refractivity contribution in [3.63, 3.8) is 0 Å². The number of hydrogen-bond donors (Lipinski definition) is 4. The van der Waals surface area contributed by atoms with Gasteiger partial charge in [0.25, 0.3) is 0 Å². The van der Waals surface area contributed by atoms with Crippen LogP contribution in [0.25, 0.3) is 0 Å². The van der Waals surface area contributed by atoms with Crippen molar-refractivity contribution in [1.29, 1.82) is 0 Å². The van der Waals surface area contributed by atoms with Crippen LogP contribution in [0.1, 0.15) is 0 Å². The number of rotatable bonds is 0. The second-order valence-electron chi connectivity index (χ2n) is 1.84. The molecular formula is C7H12BrN3OS. The van der Waals surface area contributed by atoms with Crippen molar-refractivity contribution in [2.24, 2.45) is 11.6 Å². The van der Waals surface area contributed by atoms with Crippen LogP contribution in [-0.4, -0.2) is 10.2 Å². The highest BCUT2D eigenvalue weighted by Gasteiger charge is 1.74. The first kappa shape index (κ1) is 14.7. The van der Waals surface area contributed by atoms with Crippen LogP contribution in [-0.2, 0) is 0 Å². The highest BCUT2D eigenvalue weighted by atomic mass is 79.9. The van der Waals surface area contributed by atoms with E-state index in [0.29, 0.717) is 5.75 Å². The van der Waals surface area contributed by atoms with Gasteiger partial charge in [-0.25, -0.2) is 5.84 Å². The number of para-hydroxylation sites is 1. The van der Waals surface area contributed by atoms with Gasteiger partial charge >= 0.3 is 0 Å². The molecule has 0 saturated heterocycles. The van der Waals surface area contributed by atoms with Crippen LogP contribution in [0.15, 0.2) is 30.3 Å². The zero-order valence-corrected chi connectivity index (χ0v) is 9.33. The van der Waals surface area contributed by atoms with E-state index < -0.39 is 0 Å². The number of benzene rings is 1. The molecule has 0 aliphatic rings. The summed E-state index contributed by atoms with van der Waals surface area (Å²) in [4.78, 5) is 0. The van der Waals surface area contributed by atoms with Gasteiger partial charge in [-0.2, -0.15) is 0 Å². The number of phenols is 1. The van der Waals surface area contributed by atoms with Gasteiger partial charge < -0.3 is 16.3 Å². The molecule has 0 saturated carbocycles. The molecule has 1 rings (SSSR count). The lowest BCUT2D eigenvalue weighted by Crippen LogP contribution is -2.34. The molecule has 0 aliphatic carbocycles. The number of halogens is 1. The van der Waals surface area contributed by atoms with Gasteiger partial charge in [-0.3, -0.25) is 0 Å². The molecule has 1 aromatic rings. The van der Waals surface area contributed by atoms with E-state index in [1.54, 1.807) is 24.3 Å². The Morgan fingerprint density at radius 3 is 1.85 bits per heavy atom. The molecule has 13 heavy (non-hydrogen) atoms. The second-order valence-corrected chi connectivity index (χ2v) is 2.28. The molecule has 0 fully saturated rings. The summed E-state index contributed by atoms with van der Waals surface area (Å²) in [5.74, 6) is 4.98. The van der Waals surface area contributed by atoms with E-state index >= 15 is 0 Å². The average Bonchev–Trinajstić information content (AvgIpc) is 2.07. The van der Waals surface area contributed by atoms with Crippen molar-refractivity contribution < 1.29 is 5.11 Å². The number of nitrogens with one attached hydrogen (secondary N) is 1. The monoisotopic (exact) mass is 265 g/mol. The molecule has 74 valence electrons. The van der Waals surface area contributed by atoms with Gasteiger partial charge in [0.05, 0.1) is 0 Å². The minimum atomic E-state index is 0. The maximum atomic E-state index is 8.63. The first-order chi connectivity index (χ1) is 5.66. The van der Waals surface area contributed by atoms with Crippen molar-refractivity contribution in [3.8, 4) is 5.75 Å². The van der Waals surface area contributed by atoms with E-state index in [-0.39, 0.29) is 22.1 Å². The Morgan fingerprint density at radius 1 is 1.31 bits per heavy atom. The zero-order chi connectivity index (χ0) is 9.40. The molecule has 0 aromatic heterocycles. The van der Waals surface area contributed by atoms with Crippen molar-refractivity contribution in [3.05, 3.63) is 30.3 Å². The van der Waals surface area contributed by atoms with Crippen molar-refractivity contribution in [1.82, 2.24) is 5.43 Å². The predicted molar refractivity (Wildman–Crippen MR) is 62.5 cm³/mol. The summed E-state index contributed by atoms with van der Waals surface area (Å²) in [6.45, 7) is 0. The van der Waals surface area contributed by atoms with Gasteiger partial charge in [0.15, 0.2) is 5.11 Å². The normalized spacial score (nSPS) is 7.15. The molecule has 0 heterocycles. The molecule has 0 atom stereocenters. The second kappa shape index (κ2) is 9.24. The van der Waals surface area contributed by atoms with Crippen LogP contribution in [0.2, 0.25) is 0 Å². The number of nitrogens with two attached hydrogens (primary N) is 2. The fraction of sp³-hybridized carbons (Fsp3) is 0. The maximum absolute atomic E-state index is 8.63. The van der Waals surface area contributed by atoms with Crippen LogP contribution in [0.3, 0.4) is 0 Å². The van der Waals surface area contributed by atoms with Crippen molar-refractivity contribution in [2.75, 3.05) is 0 Å². The Hall–Kier alpha value is -0.850. The minimum absolute atomic E-state index is 0. The fourth-order valence-corrected chi connectivity index (χ4v) is 0.428. The number of hydrazine groups is 1. The minimum Gasteiger partial charge on any atom is -0.508 e. The summed E-state index contributed by atoms with van der Waals surface area (Å²) in [5.41, 5.74) is 6.82. The lowest BCUT2D eigenvalue weighted by Gasteiger charge is -1.85. The molecule has 6 N–H and O–H groups in total. The Bertz CT molecular complexity index is 232. The molecule has 0 bridgehead atoms. The quantitative estimate of drug-likeness (QED) is 0.315. The number of hydrogen-bond acceptors (Lipinski definition) is 3. The van der Waals surface area contributed by atoms with Crippen molar-refractivity contribution in [2.45, 2.75) is 0 Å². The van der Waals surface area contributed by atoms with E-state index in [0.717, 1.165) is 0 Å². The Balaban J connectivity index is 0. The summed E-state index contributed by atoms with van der Waals surface area (Å²) < 4.78 is 0. The standard InChI is InChI=1S/C6H6O.CH5N3S.BrH/c7-6-4-2-1-3-5-6;2-1(5)4-3;/h1-5,7H;3H2,(H3,2,4,5);1H. The largest absolute Gasteiger partial charge is 0.508 e.